The first-order chi connectivity index (χ1) is 13.7. The van der Waals surface area contributed by atoms with Crippen LogP contribution in [-0.2, 0) is 22.5 Å². The summed E-state index contributed by atoms with van der Waals surface area (Å²) in [5, 5.41) is 2.89. The maximum Gasteiger partial charge on any atom is 0.321 e. The first-order valence-corrected chi connectivity index (χ1v) is 9.67. The average Bonchev–Trinajstić information content (AvgIpc) is 2.76. The summed E-state index contributed by atoms with van der Waals surface area (Å²) < 4.78 is 10.5. The van der Waals surface area contributed by atoms with Gasteiger partial charge >= 0.3 is 6.01 Å². The number of hydrogen-bond acceptors (Lipinski definition) is 7. The van der Waals surface area contributed by atoms with E-state index in [0.29, 0.717) is 31.4 Å². The van der Waals surface area contributed by atoms with Gasteiger partial charge in [-0.05, 0) is 24.8 Å². The van der Waals surface area contributed by atoms with E-state index in [1.54, 1.807) is 0 Å². The van der Waals surface area contributed by atoms with Gasteiger partial charge in [-0.2, -0.15) is 15.0 Å². The Morgan fingerprint density at radius 2 is 1.93 bits per heavy atom. The van der Waals surface area contributed by atoms with E-state index in [2.05, 4.69) is 32.4 Å². The van der Waals surface area contributed by atoms with Crippen molar-refractivity contribution in [1.29, 1.82) is 0 Å². The molecule has 0 unspecified atom stereocenters. The van der Waals surface area contributed by atoms with Crippen molar-refractivity contribution in [1.82, 2.24) is 20.3 Å². The number of carbonyl (C=O) groups excluding carboxylic acids is 1. The van der Waals surface area contributed by atoms with Crippen molar-refractivity contribution >= 4 is 11.9 Å². The fraction of sp³-hybridized carbons (Fsp3) is 0.500. The number of anilines is 1. The van der Waals surface area contributed by atoms with Gasteiger partial charge in [0.15, 0.2) is 5.82 Å². The van der Waals surface area contributed by atoms with Crippen molar-refractivity contribution in [2.24, 2.45) is 0 Å². The Kier molecular flexibility index (Phi) is 7.54. The number of morpholine rings is 1. The summed E-state index contributed by atoms with van der Waals surface area (Å²) in [4.78, 5) is 27.2. The Balaban J connectivity index is 1.45. The van der Waals surface area contributed by atoms with Gasteiger partial charge in [0.1, 0.15) is 0 Å². The molecule has 0 radical (unpaired) electrons. The van der Waals surface area contributed by atoms with Gasteiger partial charge in [0.25, 0.3) is 0 Å². The molecular formula is C20H27N5O3. The van der Waals surface area contributed by atoms with Crippen LogP contribution in [0.2, 0.25) is 0 Å². The number of hydrogen-bond donors (Lipinski definition) is 1. The number of unbranched alkanes of at least 4 members (excludes halogenated alkanes) is 1. The number of nitrogens with zero attached hydrogens (tertiary/aromatic N) is 4. The van der Waals surface area contributed by atoms with Gasteiger partial charge in [-0.1, -0.05) is 30.3 Å². The lowest BCUT2D eigenvalue weighted by molar-refractivity contribution is -0.121. The first kappa shape index (κ1) is 20.0. The van der Waals surface area contributed by atoms with E-state index in [9.17, 15) is 4.79 Å². The Labute approximate surface area is 165 Å². The number of aromatic nitrogens is 3. The highest BCUT2D eigenvalue weighted by Crippen LogP contribution is 2.14. The monoisotopic (exact) mass is 385 g/mol. The van der Waals surface area contributed by atoms with Crippen molar-refractivity contribution in [3.63, 3.8) is 0 Å². The van der Waals surface area contributed by atoms with Crippen LogP contribution in [0.25, 0.3) is 0 Å². The highest BCUT2D eigenvalue weighted by Gasteiger charge is 2.17. The van der Waals surface area contributed by atoms with Gasteiger partial charge in [-0.3, -0.25) is 4.79 Å². The molecule has 1 aliphatic rings. The van der Waals surface area contributed by atoms with E-state index >= 15 is 0 Å². The van der Waals surface area contributed by atoms with Gasteiger partial charge in [0.05, 0.1) is 26.9 Å². The van der Waals surface area contributed by atoms with Gasteiger partial charge < -0.3 is 19.7 Å². The lowest BCUT2D eigenvalue weighted by Crippen LogP contribution is -2.37. The van der Waals surface area contributed by atoms with Crippen LogP contribution in [0.1, 0.15) is 30.7 Å². The number of carbonyl (C=O) groups is 1. The van der Waals surface area contributed by atoms with E-state index in [4.69, 9.17) is 9.47 Å². The number of ether oxygens (including phenoxy) is 2. The van der Waals surface area contributed by atoms with Crippen molar-refractivity contribution in [3.05, 3.63) is 41.7 Å². The zero-order chi connectivity index (χ0) is 19.6. The third-order valence-corrected chi connectivity index (χ3v) is 4.53. The second-order valence-corrected chi connectivity index (χ2v) is 6.61. The maximum absolute atomic E-state index is 12.1. The molecule has 8 nitrogen and oxygen atoms in total. The van der Waals surface area contributed by atoms with Crippen LogP contribution in [0.15, 0.2) is 30.3 Å². The molecule has 1 N–H and O–H groups in total. The summed E-state index contributed by atoms with van der Waals surface area (Å²) in [6.45, 7) is 2.99. The number of amides is 1. The fourth-order valence-electron chi connectivity index (χ4n) is 2.99. The second-order valence-electron chi connectivity index (χ2n) is 6.61. The summed E-state index contributed by atoms with van der Waals surface area (Å²) in [5.41, 5.74) is 1.30. The predicted molar refractivity (Wildman–Crippen MR) is 105 cm³/mol. The lowest BCUT2D eigenvalue weighted by atomic mass is 10.1. The number of nitrogens with one attached hydrogen (secondary N) is 1. The smallest absolute Gasteiger partial charge is 0.321 e. The molecule has 1 fully saturated rings. The number of benzene rings is 1. The van der Waals surface area contributed by atoms with Crippen molar-refractivity contribution in [2.45, 2.75) is 32.2 Å². The van der Waals surface area contributed by atoms with Crippen molar-refractivity contribution < 1.29 is 14.3 Å². The Hall–Kier alpha value is -2.74. The van der Waals surface area contributed by atoms with E-state index < -0.39 is 0 Å². The van der Waals surface area contributed by atoms with Gasteiger partial charge in [0, 0.05) is 19.5 Å². The molecule has 0 spiro atoms. The molecule has 150 valence electrons. The van der Waals surface area contributed by atoms with E-state index in [1.165, 1.54) is 12.7 Å². The molecule has 0 bridgehead atoms. The SMILES string of the molecule is COc1nc(CNC(=O)CCCCc2ccccc2)nc(N2CCOCC2)n1. The van der Waals surface area contributed by atoms with Crippen LogP contribution in [0.4, 0.5) is 5.95 Å². The highest BCUT2D eigenvalue weighted by molar-refractivity contribution is 5.75. The standard InChI is InChI=1S/C20H27N5O3/c1-27-20-23-17(22-19(24-20)25-11-13-28-14-12-25)15-21-18(26)10-6-5-9-16-7-3-2-4-8-16/h2-4,7-8H,5-6,9-15H2,1H3,(H,21,26). The molecule has 1 aliphatic heterocycles. The molecule has 8 heteroatoms. The zero-order valence-electron chi connectivity index (χ0n) is 16.3. The highest BCUT2D eigenvalue weighted by atomic mass is 16.5. The minimum Gasteiger partial charge on any atom is -0.467 e. The van der Waals surface area contributed by atoms with E-state index in [0.717, 1.165) is 32.4 Å². The fourth-order valence-corrected chi connectivity index (χ4v) is 2.99. The average molecular weight is 385 g/mol. The molecule has 1 saturated heterocycles. The van der Waals surface area contributed by atoms with Crippen LogP contribution in [0, 0.1) is 0 Å². The Morgan fingerprint density at radius 1 is 1.14 bits per heavy atom. The molecule has 0 atom stereocenters. The van der Waals surface area contributed by atoms with Crippen LogP contribution in [0.5, 0.6) is 6.01 Å². The molecule has 0 saturated carbocycles. The van der Waals surface area contributed by atoms with Crippen LogP contribution in [-0.4, -0.2) is 54.3 Å². The summed E-state index contributed by atoms with van der Waals surface area (Å²) >= 11 is 0. The van der Waals surface area contributed by atoms with Crippen LogP contribution < -0.4 is 15.0 Å². The number of aryl methyl sites for hydroxylation is 1. The van der Waals surface area contributed by atoms with E-state index in [-0.39, 0.29) is 18.5 Å². The third kappa shape index (κ3) is 6.16. The lowest BCUT2D eigenvalue weighted by Gasteiger charge is -2.26. The van der Waals surface area contributed by atoms with E-state index in [1.807, 2.05) is 23.1 Å². The maximum atomic E-state index is 12.1. The molecule has 28 heavy (non-hydrogen) atoms. The molecule has 0 aliphatic carbocycles. The predicted octanol–water partition coefficient (Wildman–Crippen LogP) is 1.75. The Morgan fingerprint density at radius 3 is 2.68 bits per heavy atom. The second kappa shape index (κ2) is 10.6. The van der Waals surface area contributed by atoms with Crippen molar-refractivity contribution in [2.75, 3.05) is 38.3 Å². The topological polar surface area (TPSA) is 89.5 Å². The molecular weight excluding hydrogens is 358 g/mol. The normalized spacial score (nSPS) is 14.0. The number of methoxy groups -OCH3 is 1. The quantitative estimate of drug-likeness (QED) is 0.658. The third-order valence-electron chi connectivity index (χ3n) is 4.53. The largest absolute Gasteiger partial charge is 0.467 e. The van der Waals surface area contributed by atoms with Gasteiger partial charge in [-0.15, -0.1) is 0 Å². The molecule has 2 aromatic rings. The number of rotatable bonds is 9. The molecule has 2 heterocycles. The minimum atomic E-state index is 0.000336. The summed E-state index contributed by atoms with van der Waals surface area (Å²) in [6.07, 6.45) is 3.31. The zero-order valence-corrected chi connectivity index (χ0v) is 16.3. The van der Waals surface area contributed by atoms with Gasteiger partial charge in [0.2, 0.25) is 11.9 Å². The molecule has 1 aromatic carbocycles. The minimum absolute atomic E-state index is 0.000336. The van der Waals surface area contributed by atoms with Crippen molar-refractivity contribution in [3.8, 4) is 6.01 Å². The molecule has 1 amide bonds. The summed E-state index contributed by atoms with van der Waals surface area (Å²) in [5.74, 6) is 1.05. The first-order valence-electron chi connectivity index (χ1n) is 9.67. The van der Waals surface area contributed by atoms with Gasteiger partial charge in [-0.25, -0.2) is 0 Å². The molecule has 3 rings (SSSR count). The van der Waals surface area contributed by atoms with Crippen LogP contribution in [0.3, 0.4) is 0 Å². The summed E-state index contributed by atoms with van der Waals surface area (Å²) in [6, 6.07) is 10.6. The molecule has 1 aromatic heterocycles. The summed E-state index contributed by atoms with van der Waals surface area (Å²) in [7, 11) is 1.52. The Bertz CT molecular complexity index is 751. The van der Waals surface area contributed by atoms with Crippen LogP contribution >= 0.6 is 0 Å².